The second-order valence-electron chi connectivity index (χ2n) is 9.47. The van der Waals surface area contributed by atoms with Crippen LogP contribution in [-0.2, 0) is 16.1 Å². The van der Waals surface area contributed by atoms with Crippen LogP contribution in [0.15, 0.2) is 59.7 Å². The Balaban J connectivity index is 0.00000456. The molecule has 2 aromatic carbocycles. The molecule has 0 radical (unpaired) electrons. The molecule has 0 saturated heterocycles. The molecule has 3 atom stereocenters. The number of pyridine rings is 1. The molecular formula is C27H34ClN3O5. The van der Waals surface area contributed by atoms with Crippen LogP contribution in [0, 0.1) is 11.8 Å². The average Bonchev–Trinajstić information content (AvgIpc) is 3.51. The number of halogens is 1. The van der Waals surface area contributed by atoms with E-state index in [1.165, 1.54) is 0 Å². The van der Waals surface area contributed by atoms with E-state index in [9.17, 15) is 19.5 Å². The monoisotopic (exact) mass is 515 g/mol. The summed E-state index contributed by atoms with van der Waals surface area (Å²) in [6, 6.07) is 11.1. The standard InChI is InChI=1S/C27H33N3O5.ClH/c1-16(2)14-20(29-27(34)35-15-18-10-12-28-13-11-18)26(33)30-23(17(3)4)25(32)22-21(24(22)31)19-8-6-5-7-9-19;/h5-13,16-17,20,23,25,32H,14-15H2,1-4H3,(H,29,34)(H,30,33);1H/t20-,23-,25-;/m0./s1. The van der Waals surface area contributed by atoms with Crippen LogP contribution in [0.1, 0.15) is 51.3 Å². The van der Waals surface area contributed by atoms with Gasteiger partial charge in [-0.1, -0.05) is 58.0 Å². The molecule has 194 valence electrons. The second-order valence-corrected chi connectivity index (χ2v) is 9.47. The van der Waals surface area contributed by atoms with E-state index in [1.807, 2.05) is 58.0 Å². The van der Waals surface area contributed by atoms with Gasteiger partial charge in [0.15, 0.2) is 5.43 Å². The molecule has 3 N–H and O–H groups in total. The number of benzene rings is 1. The van der Waals surface area contributed by atoms with Crippen LogP contribution in [-0.4, -0.2) is 34.2 Å². The summed E-state index contributed by atoms with van der Waals surface area (Å²) in [5.41, 5.74) is 2.14. The molecule has 3 aromatic rings. The number of ether oxygens (including phenoxy) is 1. The van der Waals surface area contributed by atoms with E-state index < -0.39 is 30.2 Å². The molecule has 0 aliphatic carbocycles. The van der Waals surface area contributed by atoms with Crippen molar-refractivity contribution in [3.8, 4) is 11.1 Å². The highest BCUT2D eigenvalue weighted by atomic mass is 35.5. The molecular weight excluding hydrogens is 482 g/mol. The summed E-state index contributed by atoms with van der Waals surface area (Å²) in [5.74, 6) is -0.483. The van der Waals surface area contributed by atoms with Crippen molar-refractivity contribution in [2.75, 3.05) is 0 Å². The summed E-state index contributed by atoms with van der Waals surface area (Å²) in [5, 5.41) is 16.5. The van der Waals surface area contributed by atoms with Crippen molar-refractivity contribution in [1.82, 2.24) is 15.6 Å². The molecule has 0 bridgehead atoms. The van der Waals surface area contributed by atoms with E-state index >= 15 is 0 Å². The van der Waals surface area contributed by atoms with Crippen LogP contribution >= 0.6 is 12.4 Å². The van der Waals surface area contributed by atoms with Crippen molar-refractivity contribution in [3.63, 3.8) is 0 Å². The van der Waals surface area contributed by atoms with Gasteiger partial charge in [-0.3, -0.25) is 14.6 Å². The molecule has 1 aromatic heterocycles. The quantitative estimate of drug-likeness (QED) is 0.356. The van der Waals surface area contributed by atoms with Crippen molar-refractivity contribution in [2.45, 2.75) is 58.9 Å². The van der Waals surface area contributed by atoms with Crippen LogP contribution in [0.2, 0.25) is 0 Å². The highest BCUT2D eigenvalue weighted by Crippen LogP contribution is 2.33. The van der Waals surface area contributed by atoms with Gasteiger partial charge in [-0.05, 0) is 41.5 Å². The minimum atomic E-state index is -1.15. The van der Waals surface area contributed by atoms with Gasteiger partial charge in [0.2, 0.25) is 5.91 Å². The number of amides is 2. The first-order chi connectivity index (χ1) is 16.7. The highest BCUT2D eigenvalue weighted by molar-refractivity contribution is 5.86. The Morgan fingerprint density at radius 2 is 1.64 bits per heavy atom. The molecule has 2 amide bonds. The van der Waals surface area contributed by atoms with Crippen LogP contribution in [0.4, 0.5) is 4.79 Å². The Kier molecular flexibility index (Phi) is 10.6. The van der Waals surface area contributed by atoms with Crippen LogP contribution in [0.3, 0.4) is 0 Å². The van der Waals surface area contributed by atoms with Gasteiger partial charge >= 0.3 is 6.09 Å². The Bertz CT molecular complexity index is 1130. The number of carbonyl (C=O) groups is 2. The van der Waals surface area contributed by atoms with Crippen molar-refractivity contribution in [2.24, 2.45) is 11.8 Å². The van der Waals surface area contributed by atoms with E-state index in [-0.39, 0.29) is 36.3 Å². The maximum atomic E-state index is 13.2. The predicted octanol–water partition coefficient (Wildman–Crippen LogP) is 3.92. The molecule has 0 spiro atoms. The number of alkyl carbamates (subject to hydrolysis) is 1. The number of aliphatic hydroxyl groups is 1. The lowest BCUT2D eigenvalue weighted by atomic mass is 9.95. The number of hydrogen-bond acceptors (Lipinski definition) is 6. The van der Waals surface area contributed by atoms with E-state index in [4.69, 9.17) is 4.74 Å². The number of nitrogens with zero attached hydrogens (tertiary/aromatic N) is 1. The molecule has 0 aliphatic rings. The van der Waals surface area contributed by atoms with Crippen LogP contribution in [0.5, 0.6) is 0 Å². The third kappa shape index (κ3) is 7.63. The Labute approximate surface area is 217 Å². The highest BCUT2D eigenvalue weighted by Gasteiger charge is 2.37. The lowest BCUT2D eigenvalue weighted by Crippen LogP contribution is -2.52. The SMILES string of the molecule is CC(C)C[C@H](NC(=O)OCc1ccncc1)C(=O)N[C@@H](C(C)C)[C@@H](O)c1c(-c2ccccc2)c1=O.Cl. The molecule has 8 nitrogen and oxygen atoms in total. The normalized spacial score (nSPS) is 13.6. The lowest BCUT2D eigenvalue weighted by molar-refractivity contribution is -0.125. The third-order valence-corrected chi connectivity index (χ3v) is 5.84. The van der Waals surface area contributed by atoms with E-state index in [0.29, 0.717) is 17.5 Å². The zero-order valence-corrected chi connectivity index (χ0v) is 21.7. The molecule has 0 aliphatic heterocycles. The second kappa shape index (κ2) is 13.2. The first-order valence-corrected chi connectivity index (χ1v) is 11.8. The number of hydrogen-bond donors (Lipinski definition) is 3. The van der Waals surface area contributed by atoms with Gasteiger partial charge in [0, 0.05) is 23.5 Å². The number of nitrogens with one attached hydrogen (secondary N) is 2. The molecule has 36 heavy (non-hydrogen) atoms. The van der Waals surface area contributed by atoms with E-state index in [2.05, 4.69) is 15.6 Å². The summed E-state index contributed by atoms with van der Waals surface area (Å²) in [4.78, 5) is 42.0. The largest absolute Gasteiger partial charge is 0.445 e. The van der Waals surface area contributed by atoms with Crippen molar-refractivity contribution in [3.05, 3.63) is 76.2 Å². The molecule has 0 unspecified atom stereocenters. The molecule has 0 fully saturated rings. The van der Waals surface area contributed by atoms with Crippen molar-refractivity contribution in [1.29, 1.82) is 0 Å². The predicted molar refractivity (Wildman–Crippen MR) is 140 cm³/mol. The summed E-state index contributed by atoms with van der Waals surface area (Å²) in [6.45, 7) is 7.66. The molecule has 0 saturated carbocycles. The Morgan fingerprint density at radius 1 is 1.00 bits per heavy atom. The fourth-order valence-electron chi connectivity index (χ4n) is 3.93. The van der Waals surface area contributed by atoms with Gasteiger partial charge < -0.3 is 20.5 Å². The van der Waals surface area contributed by atoms with Gasteiger partial charge in [-0.2, -0.15) is 0 Å². The van der Waals surface area contributed by atoms with Gasteiger partial charge in [0.1, 0.15) is 18.8 Å². The summed E-state index contributed by atoms with van der Waals surface area (Å²) in [7, 11) is 0. The number of rotatable bonds is 11. The first-order valence-electron chi connectivity index (χ1n) is 11.8. The van der Waals surface area contributed by atoms with Crippen molar-refractivity contribution >= 4 is 24.4 Å². The zero-order chi connectivity index (χ0) is 25.5. The fourth-order valence-corrected chi connectivity index (χ4v) is 3.93. The lowest BCUT2D eigenvalue weighted by Gasteiger charge is -2.29. The fraction of sp³-hybridized carbons (Fsp3) is 0.407. The zero-order valence-electron chi connectivity index (χ0n) is 20.9. The smallest absolute Gasteiger partial charge is 0.408 e. The molecule has 1 heterocycles. The Morgan fingerprint density at radius 3 is 2.22 bits per heavy atom. The van der Waals surface area contributed by atoms with E-state index in [1.54, 1.807) is 24.5 Å². The van der Waals surface area contributed by atoms with Gasteiger partial charge in [0.05, 0.1) is 6.04 Å². The van der Waals surface area contributed by atoms with E-state index in [0.717, 1.165) is 11.1 Å². The van der Waals surface area contributed by atoms with Crippen LogP contribution in [0.25, 0.3) is 11.1 Å². The third-order valence-electron chi connectivity index (χ3n) is 5.84. The van der Waals surface area contributed by atoms with Gasteiger partial charge in [0.25, 0.3) is 0 Å². The molecule has 3 rings (SSSR count). The summed E-state index contributed by atoms with van der Waals surface area (Å²) in [6.07, 6.45) is 1.72. The number of aromatic nitrogens is 1. The average molecular weight is 516 g/mol. The molecule has 9 heteroatoms. The topological polar surface area (TPSA) is 118 Å². The van der Waals surface area contributed by atoms with Crippen LogP contribution < -0.4 is 16.1 Å². The minimum Gasteiger partial charge on any atom is -0.445 e. The van der Waals surface area contributed by atoms with Gasteiger partial charge in [-0.25, -0.2) is 4.79 Å². The summed E-state index contributed by atoms with van der Waals surface area (Å²) < 4.78 is 5.26. The number of aliphatic hydroxyl groups excluding tert-OH is 1. The number of carbonyl (C=O) groups excluding carboxylic acids is 2. The summed E-state index contributed by atoms with van der Waals surface area (Å²) >= 11 is 0. The maximum Gasteiger partial charge on any atom is 0.408 e. The minimum absolute atomic E-state index is 0. The Hall–Kier alpha value is -3.23. The van der Waals surface area contributed by atoms with Crippen molar-refractivity contribution < 1.29 is 19.4 Å². The maximum absolute atomic E-state index is 13.2. The first kappa shape index (κ1) is 29.0. The van der Waals surface area contributed by atoms with Gasteiger partial charge in [-0.15, -0.1) is 12.4 Å².